The number of hydrogen-bond acceptors (Lipinski definition) is 0. The average molecular weight is 388 g/mol. The largest absolute Gasteiger partial charge is 0.207 e. The van der Waals surface area contributed by atoms with Crippen molar-refractivity contribution in [1.29, 1.82) is 0 Å². The molecule has 3 unspecified atom stereocenters. The average Bonchev–Trinajstić information content (AvgIpc) is 2.65. The second-order valence-corrected chi connectivity index (χ2v) is 8.09. The molecule has 0 nitrogen and oxygen atoms in total. The van der Waals surface area contributed by atoms with Crippen LogP contribution in [0.5, 0.6) is 0 Å². The number of fused-ring (bicyclic) bond motifs is 3. The minimum absolute atomic E-state index is 0.0918. The van der Waals surface area contributed by atoms with Gasteiger partial charge in [-0.1, -0.05) is 19.1 Å². The van der Waals surface area contributed by atoms with E-state index in [2.05, 4.69) is 19.1 Å². The van der Waals surface area contributed by atoms with Crippen molar-refractivity contribution in [2.24, 2.45) is 11.8 Å². The molecule has 28 heavy (non-hydrogen) atoms. The van der Waals surface area contributed by atoms with E-state index >= 15 is 4.39 Å². The van der Waals surface area contributed by atoms with E-state index in [1.807, 2.05) is 0 Å². The van der Waals surface area contributed by atoms with Gasteiger partial charge in [0, 0.05) is 6.07 Å². The van der Waals surface area contributed by atoms with Crippen LogP contribution in [0, 0.1) is 35.1 Å². The summed E-state index contributed by atoms with van der Waals surface area (Å²) in [7, 11) is 0. The van der Waals surface area contributed by atoms with E-state index in [-0.39, 0.29) is 17.0 Å². The molecule has 1 saturated carbocycles. The third-order valence-electron chi connectivity index (χ3n) is 6.34. The molecule has 3 atom stereocenters. The molecule has 4 rings (SSSR count). The van der Waals surface area contributed by atoms with Crippen LogP contribution in [0.25, 0.3) is 11.1 Å². The molecule has 2 aromatic rings. The topological polar surface area (TPSA) is 0 Å². The van der Waals surface area contributed by atoms with Crippen LogP contribution in [0.4, 0.5) is 17.6 Å². The van der Waals surface area contributed by atoms with Gasteiger partial charge in [0.2, 0.25) is 0 Å². The minimum Gasteiger partial charge on any atom is -0.207 e. The van der Waals surface area contributed by atoms with Crippen molar-refractivity contribution in [2.75, 3.05) is 0 Å². The first-order valence-electron chi connectivity index (χ1n) is 10.1. The second kappa shape index (κ2) is 7.73. The molecular weight excluding hydrogens is 364 g/mol. The summed E-state index contributed by atoms with van der Waals surface area (Å²) in [6, 6.07) is 4.07. The summed E-state index contributed by atoms with van der Waals surface area (Å²) in [5.74, 6) is -1.94. The Bertz CT molecular complexity index is 895. The van der Waals surface area contributed by atoms with Gasteiger partial charge in [0.25, 0.3) is 0 Å². The lowest BCUT2D eigenvalue weighted by molar-refractivity contribution is 0.234. The highest BCUT2D eigenvalue weighted by atomic mass is 19.1. The summed E-state index contributed by atoms with van der Waals surface area (Å²) in [5, 5.41) is 0. The first kappa shape index (κ1) is 19.2. The lowest BCUT2D eigenvalue weighted by Gasteiger charge is -2.40. The fourth-order valence-electron chi connectivity index (χ4n) is 5.09. The molecule has 2 aliphatic rings. The Hall–Kier alpha value is -2.10. The van der Waals surface area contributed by atoms with Crippen molar-refractivity contribution >= 4 is 0 Å². The Morgan fingerprint density at radius 1 is 0.964 bits per heavy atom. The Balaban J connectivity index is 1.70. The van der Waals surface area contributed by atoms with Crippen LogP contribution in [0.15, 0.2) is 36.4 Å². The van der Waals surface area contributed by atoms with E-state index in [0.717, 1.165) is 49.8 Å². The summed E-state index contributed by atoms with van der Waals surface area (Å²) in [6.45, 7) is 2.12. The summed E-state index contributed by atoms with van der Waals surface area (Å²) >= 11 is 0. The van der Waals surface area contributed by atoms with Gasteiger partial charge in [-0.3, -0.25) is 0 Å². The standard InChI is InChI=1S/C24H24F4/c1-2-3-4-14-5-7-19-15(9-14)6-8-20-21(19)13-22(27)23(24(20)28)16-10-17(25)12-18(26)11-16/h3-4,10-15,19H,2,5-9H2,1H3. The molecule has 0 spiro atoms. The molecule has 2 aliphatic carbocycles. The first-order chi connectivity index (χ1) is 13.5. The van der Waals surface area contributed by atoms with Gasteiger partial charge >= 0.3 is 0 Å². The Morgan fingerprint density at radius 3 is 2.43 bits per heavy atom. The first-order valence-corrected chi connectivity index (χ1v) is 10.1. The maximum Gasteiger partial charge on any atom is 0.137 e. The van der Waals surface area contributed by atoms with Crippen molar-refractivity contribution in [3.05, 3.63) is 70.8 Å². The van der Waals surface area contributed by atoms with E-state index in [1.165, 1.54) is 6.07 Å². The van der Waals surface area contributed by atoms with E-state index in [4.69, 9.17) is 0 Å². The van der Waals surface area contributed by atoms with Crippen LogP contribution in [0.2, 0.25) is 0 Å². The van der Waals surface area contributed by atoms with Crippen LogP contribution in [-0.2, 0) is 6.42 Å². The number of halogens is 4. The highest BCUT2D eigenvalue weighted by Gasteiger charge is 2.37. The quantitative estimate of drug-likeness (QED) is 0.382. The van der Waals surface area contributed by atoms with Gasteiger partial charge in [-0.2, -0.15) is 0 Å². The van der Waals surface area contributed by atoms with Crippen LogP contribution in [-0.4, -0.2) is 0 Å². The fraction of sp³-hybridized carbons (Fsp3) is 0.417. The highest BCUT2D eigenvalue weighted by molar-refractivity contribution is 5.67. The predicted octanol–water partition coefficient (Wildman–Crippen LogP) is 7.32. The summed E-state index contributed by atoms with van der Waals surface area (Å²) < 4.78 is 57.3. The van der Waals surface area contributed by atoms with E-state index in [0.29, 0.717) is 29.9 Å². The summed E-state index contributed by atoms with van der Waals surface area (Å²) in [5.41, 5.74) is 0.857. The molecule has 0 saturated heterocycles. The zero-order chi connectivity index (χ0) is 19.8. The maximum absolute atomic E-state index is 15.3. The zero-order valence-corrected chi connectivity index (χ0v) is 16.0. The highest BCUT2D eigenvalue weighted by Crippen LogP contribution is 2.49. The smallest absolute Gasteiger partial charge is 0.137 e. The number of rotatable bonds is 3. The van der Waals surface area contributed by atoms with Crippen molar-refractivity contribution < 1.29 is 17.6 Å². The third-order valence-corrected chi connectivity index (χ3v) is 6.34. The monoisotopic (exact) mass is 388 g/mol. The Morgan fingerprint density at radius 2 is 1.71 bits per heavy atom. The van der Waals surface area contributed by atoms with Gasteiger partial charge in [-0.15, -0.1) is 0 Å². The van der Waals surface area contributed by atoms with E-state index in [1.54, 1.807) is 0 Å². The second-order valence-electron chi connectivity index (χ2n) is 8.09. The molecule has 0 radical (unpaired) electrons. The fourth-order valence-corrected chi connectivity index (χ4v) is 5.09. The van der Waals surface area contributed by atoms with E-state index in [9.17, 15) is 13.2 Å². The van der Waals surface area contributed by atoms with Gasteiger partial charge in [-0.25, -0.2) is 17.6 Å². The molecule has 0 heterocycles. The molecule has 0 bridgehead atoms. The molecule has 148 valence electrons. The molecule has 0 N–H and O–H groups in total. The molecule has 0 aliphatic heterocycles. The van der Waals surface area contributed by atoms with Crippen LogP contribution in [0.1, 0.15) is 56.1 Å². The van der Waals surface area contributed by atoms with Gasteiger partial charge in [0.1, 0.15) is 23.3 Å². The van der Waals surface area contributed by atoms with Crippen molar-refractivity contribution in [3.8, 4) is 11.1 Å². The number of allylic oxidation sites excluding steroid dienone is 2. The van der Waals surface area contributed by atoms with Crippen LogP contribution in [0.3, 0.4) is 0 Å². The van der Waals surface area contributed by atoms with Crippen molar-refractivity contribution in [3.63, 3.8) is 0 Å². The Labute approximate surface area is 163 Å². The van der Waals surface area contributed by atoms with Gasteiger partial charge in [0.15, 0.2) is 0 Å². The van der Waals surface area contributed by atoms with Crippen molar-refractivity contribution in [1.82, 2.24) is 0 Å². The number of hydrogen-bond donors (Lipinski definition) is 0. The third kappa shape index (κ3) is 3.49. The minimum atomic E-state index is -0.843. The van der Waals surface area contributed by atoms with Crippen LogP contribution < -0.4 is 0 Å². The molecular formula is C24H24F4. The SMILES string of the molecule is CCC=CC1CCC2c3cc(F)c(-c4cc(F)cc(F)c4)c(F)c3CCC2C1. The molecule has 4 heteroatoms. The van der Waals surface area contributed by atoms with Crippen molar-refractivity contribution in [2.45, 2.75) is 51.4 Å². The molecule has 2 aromatic carbocycles. The maximum atomic E-state index is 15.3. The number of benzene rings is 2. The van der Waals surface area contributed by atoms with Gasteiger partial charge < -0.3 is 0 Å². The molecule has 0 aromatic heterocycles. The van der Waals surface area contributed by atoms with Gasteiger partial charge in [0.05, 0.1) is 5.56 Å². The van der Waals surface area contributed by atoms with E-state index < -0.39 is 23.3 Å². The lowest BCUT2D eigenvalue weighted by Crippen LogP contribution is -2.28. The molecule has 1 fully saturated rings. The van der Waals surface area contributed by atoms with Crippen LogP contribution >= 0.6 is 0 Å². The predicted molar refractivity (Wildman–Crippen MR) is 103 cm³/mol. The molecule has 0 amide bonds. The Kier molecular flexibility index (Phi) is 5.31. The zero-order valence-electron chi connectivity index (χ0n) is 16.0. The summed E-state index contributed by atoms with van der Waals surface area (Å²) in [4.78, 5) is 0. The normalized spacial score (nSPS) is 24.2. The lowest BCUT2D eigenvalue weighted by atomic mass is 9.65. The van der Waals surface area contributed by atoms with Gasteiger partial charge in [-0.05, 0) is 91.2 Å². The summed E-state index contributed by atoms with van der Waals surface area (Å²) in [6.07, 6.45) is 9.92.